The lowest BCUT2D eigenvalue weighted by atomic mass is 9.94. The Bertz CT molecular complexity index is 361. The number of hydrogen-bond acceptors (Lipinski definition) is 3. The minimum atomic E-state index is -0.0650. The minimum Gasteiger partial charge on any atom is -0.396 e. The average Bonchev–Trinajstić information content (AvgIpc) is 2.47. The number of hydrogen-bond donors (Lipinski definition) is 2. The summed E-state index contributed by atoms with van der Waals surface area (Å²) in [7, 11) is 0. The van der Waals surface area contributed by atoms with Crippen molar-refractivity contribution in [3.63, 3.8) is 0 Å². The Morgan fingerprint density at radius 1 is 1.15 bits per heavy atom. The van der Waals surface area contributed by atoms with Crippen LogP contribution in [0.2, 0.25) is 0 Å². The number of likely N-dealkylation sites (N-methyl/N-ethyl adjacent to an activating group) is 1. The summed E-state index contributed by atoms with van der Waals surface area (Å²) in [4.78, 5) is 2.47. The molecule has 0 spiro atoms. The molecule has 0 radical (unpaired) electrons. The largest absolute Gasteiger partial charge is 0.396 e. The predicted octanol–water partition coefficient (Wildman–Crippen LogP) is 2.68. The van der Waals surface area contributed by atoms with Crippen LogP contribution >= 0.6 is 0 Å². The van der Waals surface area contributed by atoms with Crippen LogP contribution in [0.3, 0.4) is 0 Å². The van der Waals surface area contributed by atoms with E-state index in [9.17, 15) is 5.11 Å². The van der Waals surface area contributed by atoms with Crippen molar-refractivity contribution in [2.45, 2.75) is 33.7 Å². The standard InChI is InChI=1S/C17H30N2O/c1-5-19(6-2)16(15-10-8-7-9-11-15)12-18-13-17(3,4)14-20/h7-11,16,18,20H,5-6,12-14H2,1-4H3. The summed E-state index contributed by atoms with van der Waals surface area (Å²) < 4.78 is 0. The Kier molecular flexibility index (Phi) is 7.20. The summed E-state index contributed by atoms with van der Waals surface area (Å²) in [6.07, 6.45) is 0. The van der Waals surface area contributed by atoms with Crippen LogP contribution in [0, 0.1) is 5.41 Å². The lowest BCUT2D eigenvalue weighted by molar-refractivity contribution is 0.149. The Morgan fingerprint density at radius 3 is 2.25 bits per heavy atom. The highest BCUT2D eigenvalue weighted by Crippen LogP contribution is 2.20. The maximum Gasteiger partial charge on any atom is 0.0494 e. The molecule has 0 fully saturated rings. The Morgan fingerprint density at radius 2 is 1.75 bits per heavy atom. The molecule has 1 aromatic carbocycles. The van der Waals surface area contributed by atoms with Gasteiger partial charge in [0.2, 0.25) is 0 Å². The van der Waals surface area contributed by atoms with E-state index in [1.54, 1.807) is 0 Å². The Labute approximate surface area is 124 Å². The van der Waals surface area contributed by atoms with Crippen molar-refractivity contribution >= 4 is 0 Å². The minimum absolute atomic E-state index is 0.0650. The molecule has 0 amide bonds. The Balaban J connectivity index is 2.69. The second kappa shape index (κ2) is 8.40. The molecule has 114 valence electrons. The van der Waals surface area contributed by atoms with Gasteiger partial charge < -0.3 is 10.4 Å². The van der Waals surface area contributed by atoms with Crippen molar-refractivity contribution < 1.29 is 5.11 Å². The van der Waals surface area contributed by atoms with Crippen LogP contribution in [-0.2, 0) is 0 Å². The van der Waals surface area contributed by atoms with Gasteiger partial charge in [-0.1, -0.05) is 58.0 Å². The highest BCUT2D eigenvalue weighted by Gasteiger charge is 2.20. The molecule has 0 heterocycles. The molecule has 2 N–H and O–H groups in total. The lowest BCUT2D eigenvalue weighted by Crippen LogP contribution is -2.40. The number of nitrogens with one attached hydrogen (secondary N) is 1. The molecular formula is C17H30N2O. The van der Waals surface area contributed by atoms with E-state index >= 15 is 0 Å². The van der Waals surface area contributed by atoms with Crippen molar-refractivity contribution in [3.05, 3.63) is 35.9 Å². The first-order valence-corrected chi connectivity index (χ1v) is 7.64. The monoisotopic (exact) mass is 278 g/mol. The smallest absolute Gasteiger partial charge is 0.0494 e. The Hall–Kier alpha value is -0.900. The van der Waals surface area contributed by atoms with Crippen LogP contribution < -0.4 is 5.32 Å². The van der Waals surface area contributed by atoms with Crippen molar-refractivity contribution in [3.8, 4) is 0 Å². The van der Waals surface area contributed by atoms with E-state index < -0.39 is 0 Å². The number of nitrogens with zero attached hydrogens (tertiary/aromatic N) is 1. The summed E-state index contributed by atoms with van der Waals surface area (Å²) in [5.41, 5.74) is 1.29. The van der Waals surface area contributed by atoms with E-state index in [2.05, 4.69) is 68.2 Å². The normalized spacial score (nSPS) is 13.7. The maximum atomic E-state index is 9.33. The number of aliphatic hydroxyl groups is 1. The van der Waals surface area contributed by atoms with Crippen LogP contribution in [-0.4, -0.2) is 42.8 Å². The molecule has 0 saturated carbocycles. The van der Waals surface area contributed by atoms with Crippen LogP contribution in [0.5, 0.6) is 0 Å². The zero-order valence-electron chi connectivity index (χ0n) is 13.4. The van der Waals surface area contributed by atoms with Crippen LogP contribution in [0.4, 0.5) is 0 Å². The van der Waals surface area contributed by atoms with Crippen molar-refractivity contribution in [2.24, 2.45) is 5.41 Å². The molecule has 20 heavy (non-hydrogen) atoms. The van der Waals surface area contributed by atoms with E-state index in [1.165, 1.54) is 5.56 Å². The van der Waals surface area contributed by atoms with Gasteiger partial charge in [-0.3, -0.25) is 4.90 Å². The molecule has 3 nitrogen and oxygen atoms in total. The summed E-state index contributed by atoms with van der Waals surface area (Å²) in [5, 5.41) is 12.9. The summed E-state index contributed by atoms with van der Waals surface area (Å²) in [5.74, 6) is 0. The van der Waals surface area contributed by atoms with Gasteiger partial charge in [-0.2, -0.15) is 0 Å². The third-order valence-corrected chi connectivity index (χ3v) is 3.81. The van der Waals surface area contributed by atoms with E-state index in [0.717, 1.165) is 26.2 Å². The van der Waals surface area contributed by atoms with Gasteiger partial charge >= 0.3 is 0 Å². The molecule has 3 heteroatoms. The second-order valence-electron chi connectivity index (χ2n) is 6.10. The summed E-state index contributed by atoms with van der Waals surface area (Å²) in [6.45, 7) is 12.6. The first kappa shape index (κ1) is 17.2. The third kappa shape index (κ3) is 5.23. The fourth-order valence-electron chi connectivity index (χ4n) is 2.40. The maximum absolute atomic E-state index is 9.33. The molecule has 0 saturated heterocycles. The predicted molar refractivity (Wildman–Crippen MR) is 85.8 cm³/mol. The highest BCUT2D eigenvalue weighted by molar-refractivity contribution is 5.19. The molecule has 0 aliphatic heterocycles. The molecule has 0 aliphatic carbocycles. The molecule has 0 bridgehead atoms. The molecule has 1 unspecified atom stereocenters. The topological polar surface area (TPSA) is 35.5 Å². The first-order chi connectivity index (χ1) is 9.54. The summed E-state index contributed by atoms with van der Waals surface area (Å²) >= 11 is 0. The van der Waals surface area contributed by atoms with Gasteiger partial charge in [0.1, 0.15) is 0 Å². The highest BCUT2D eigenvalue weighted by atomic mass is 16.3. The van der Waals surface area contributed by atoms with Gasteiger partial charge in [-0.15, -0.1) is 0 Å². The SMILES string of the molecule is CCN(CC)C(CNCC(C)(C)CO)c1ccccc1. The average molecular weight is 278 g/mol. The van der Waals surface area contributed by atoms with Crippen molar-refractivity contribution in [1.82, 2.24) is 10.2 Å². The zero-order chi connectivity index (χ0) is 15.0. The van der Waals surface area contributed by atoms with E-state index in [1.807, 2.05) is 0 Å². The zero-order valence-corrected chi connectivity index (χ0v) is 13.4. The van der Waals surface area contributed by atoms with Gasteiger partial charge in [0, 0.05) is 31.2 Å². The quantitative estimate of drug-likeness (QED) is 0.729. The van der Waals surface area contributed by atoms with Crippen LogP contribution in [0.25, 0.3) is 0 Å². The molecule has 0 aromatic heterocycles. The van der Waals surface area contributed by atoms with E-state index in [4.69, 9.17) is 0 Å². The number of benzene rings is 1. The van der Waals surface area contributed by atoms with E-state index in [0.29, 0.717) is 6.04 Å². The molecule has 1 aromatic rings. The molecule has 0 aliphatic rings. The number of aliphatic hydroxyl groups excluding tert-OH is 1. The van der Waals surface area contributed by atoms with E-state index in [-0.39, 0.29) is 12.0 Å². The molecular weight excluding hydrogens is 248 g/mol. The number of rotatable bonds is 9. The lowest BCUT2D eigenvalue weighted by Gasteiger charge is -2.32. The van der Waals surface area contributed by atoms with Gasteiger partial charge in [-0.05, 0) is 18.7 Å². The van der Waals surface area contributed by atoms with Gasteiger partial charge in [0.05, 0.1) is 0 Å². The van der Waals surface area contributed by atoms with Gasteiger partial charge in [0.15, 0.2) is 0 Å². The third-order valence-electron chi connectivity index (χ3n) is 3.81. The van der Waals surface area contributed by atoms with Crippen molar-refractivity contribution in [1.29, 1.82) is 0 Å². The second-order valence-corrected chi connectivity index (χ2v) is 6.10. The molecule has 1 rings (SSSR count). The fourth-order valence-corrected chi connectivity index (χ4v) is 2.40. The fraction of sp³-hybridized carbons (Fsp3) is 0.647. The summed E-state index contributed by atoms with van der Waals surface area (Å²) in [6, 6.07) is 11.0. The van der Waals surface area contributed by atoms with Gasteiger partial charge in [-0.25, -0.2) is 0 Å². The first-order valence-electron chi connectivity index (χ1n) is 7.64. The van der Waals surface area contributed by atoms with Crippen LogP contribution in [0.15, 0.2) is 30.3 Å². The molecule has 1 atom stereocenters. The van der Waals surface area contributed by atoms with Gasteiger partial charge in [0.25, 0.3) is 0 Å². The van der Waals surface area contributed by atoms with Crippen LogP contribution in [0.1, 0.15) is 39.3 Å². The van der Waals surface area contributed by atoms with Crippen molar-refractivity contribution in [2.75, 3.05) is 32.8 Å².